The molecule has 0 unspecified atom stereocenters. The van der Waals surface area contributed by atoms with Crippen molar-refractivity contribution in [3.05, 3.63) is 95.7 Å². The average Bonchev–Trinajstić information content (AvgIpc) is 3.20. The zero-order chi connectivity index (χ0) is 24.4. The van der Waals surface area contributed by atoms with E-state index in [4.69, 9.17) is 9.47 Å². The molecule has 0 fully saturated rings. The number of benzene rings is 3. The lowest BCUT2D eigenvalue weighted by Gasteiger charge is -2.27. The third-order valence-electron chi connectivity index (χ3n) is 6.16. The number of hydrogen-bond acceptors (Lipinski definition) is 4. The first-order chi connectivity index (χ1) is 16.9. The third-order valence-corrected chi connectivity index (χ3v) is 6.16. The summed E-state index contributed by atoms with van der Waals surface area (Å²) in [6.45, 7) is 7.29. The van der Waals surface area contributed by atoms with Crippen LogP contribution in [0.4, 0.5) is 0 Å². The van der Waals surface area contributed by atoms with Gasteiger partial charge in [-0.2, -0.15) is 5.10 Å². The van der Waals surface area contributed by atoms with Crippen molar-refractivity contribution in [2.24, 2.45) is 5.10 Å². The molecular weight excluding hydrogens is 438 g/mol. The second kappa shape index (κ2) is 9.29. The molecule has 1 atom stereocenters. The van der Waals surface area contributed by atoms with Crippen LogP contribution in [-0.2, 0) is 16.8 Å². The van der Waals surface area contributed by atoms with E-state index in [0.29, 0.717) is 11.5 Å². The van der Waals surface area contributed by atoms with E-state index >= 15 is 0 Å². The Morgan fingerprint density at radius 2 is 1.83 bits per heavy atom. The number of ether oxygens (including phenoxy) is 2. The Bertz CT molecular complexity index is 1380. The number of fused-ring (bicyclic) bond motifs is 2. The first-order valence-corrected chi connectivity index (χ1v) is 11.8. The Morgan fingerprint density at radius 1 is 1.06 bits per heavy atom. The van der Waals surface area contributed by atoms with Crippen LogP contribution in [0.1, 0.15) is 37.5 Å². The molecule has 0 aliphatic carbocycles. The fourth-order valence-corrected chi connectivity index (χ4v) is 4.19. The van der Waals surface area contributed by atoms with Crippen LogP contribution in [0.5, 0.6) is 11.5 Å². The quantitative estimate of drug-likeness (QED) is 0.321. The van der Waals surface area contributed by atoms with Crippen LogP contribution >= 0.6 is 0 Å². The first kappa shape index (κ1) is 22.7. The SMILES string of the molecule is CC(C)(C)c1ccc2c(c1)O[C@@H](C(=O)N/N=C/c1cn(Cc3ccccc3)c3ccccc13)CO2. The van der Waals surface area contributed by atoms with Gasteiger partial charge in [-0.3, -0.25) is 4.79 Å². The maximum absolute atomic E-state index is 12.8. The molecule has 1 N–H and O–H groups in total. The van der Waals surface area contributed by atoms with Crippen molar-refractivity contribution in [1.29, 1.82) is 0 Å². The topological polar surface area (TPSA) is 64.8 Å². The Morgan fingerprint density at radius 3 is 2.63 bits per heavy atom. The molecular formula is C29H29N3O3. The van der Waals surface area contributed by atoms with Gasteiger partial charge in [-0.15, -0.1) is 0 Å². The largest absolute Gasteiger partial charge is 0.485 e. The van der Waals surface area contributed by atoms with E-state index in [1.54, 1.807) is 6.21 Å². The molecule has 1 aliphatic heterocycles. The highest BCUT2D eigenvalue weighted by atomic mass is 16.6. The molecule has 6 heteroatoms. The predicted molar refractivity (Wildman–Crippen MR) is 138 cm³/mol. The standard InChI is InChI=1S/C29H29N3O3/c1-29(2,3)22-13-14-25-26(15-22)35-27(19-34-25)28(33)31-30-16-21-18-32(17-20-9-5-4-6-10-20)24-12-8-7-11-23(21)24/h4-16,18,27H,17,19H2,1-3H3,(H,31,33)/b30-16+/t27-/m1/s1. The average molecular weight is 468 g/mol. The van der Waals surface area contributed by atoms with Crippen molar-refractivity contribution in [2.75, 3.05) is 6.61 Å². The number of hydrazone groups is 1. The molecule has 3 aromatic carbocycles. The first-order valence-electron chi connectivity index (χ1n) is 11.8. The number of amides is 1. The maximum atomic E-state index is 12.8. The smallest absolute Gasteiger partial charge is 0.284 e. The lowest BCUT2D eigenvalue weighted by atomic mass is 9.87. The summed E-state index contributed by atoms with van der Waals surface area (Å²) >= 11 is 0. The van der Waals surface area contributed by atoms with E-state index in [-0.39, 0.29) is 17.9 Å². The molecule has 1 amide bonds. The Hall–Kier alpha value is -4.06. The van der Waals surface area contributed by atoms with Gasteiger partial charge in [0.2, 0.25) is 6.10 Å². The molecule has 1 aromatic heterocycles. The van der Waals surface area contributed by atoms with Gasteiger partial charge in [0.15, 0.2) is 11.5 Å². The minimum atomic E-state index is -0.769. The summed E-state index contributed by atoms with van der Waals surface area (Å²) in [4.78, 5) is 12.8. The van der Waals surface area contributed by atoms with Crippen molar-refractivity contribution >= 4 is 23.0 Å². The lowest BCUT2D eigenvalue weighted by Crippen LogP contribution is -2.42. The van der Waals surface area contributed by atoms with Crippen LogP contribution in [-0.4, -0.2) is 29.4 Å². The number of aromatic nitrogens is 1. The van der Waals surface area contributed by atoms with Crippen molar-refractivity contribution in [3.8, 4) is 11.5 Å². The van der Waals surface area contributed by atoms with Crippen LogP contribution in [0.15, 0.2) is 84.1 Å². The Balaban J connectivity index is 1.29. The minimum Gasteiger partial charge on any atom is -0.485 e. The number of carbonyl (C=O) groups is 1. The number of nitrogens with zero attached hydrogens (tertiary/aromatic N) is 2. The summed E-state index contributed by atoms with van der Waals surface area (Å²) in [5.41, 5.74) is 6.96. The molecule has 0 bridgehead atoms. The van der Waals surface area contributed by atoms with Gasteiger partial charge >= 0.3 is 0 Å². The number of hydrogen-bond donors (Lipinski definition) is 1. The summed E-state index contributed by atoms with van der Waals surface area (Å²) in [5, 5.41) is 5.30. The highest BCUT2D eigenvalue weighted by molar-refractivity contribution is 5.99. The summed E-state index contributed by atoms with van der Waals surface area (Å²) in [7, 11) is 0. The molecule has 0 saturated heterocycles. The van der Waals surface area contributed by atoms with Gasteiger partial charge in [0.1, 0.15) is 6.61 Å². The normalized spacial score (nSPS) is 15.5. The lowest BCUT2D eigenvalue weighted by molar-refractivity contribution is -0.130. The Labute approximate surface area is 205 Å². The molecule has 35 heavy (non-hydrogen) atoms. The Kier molecular flexibility index (Phi) is 6.03. The zero-order valence-electron chi connectivity index (χ0n) is 20.2. The van der Waals surface area contributed by atoms with Crippen LogP contribution in [0.3, 0.4) is 0 Å². The molecule has 178 valence electrons. The second-order valence-electron chi connectivity index (χ2n) is 9.78. The molecule has 0 radical (unpaired) electrons. The second-order valence-corrected chi connectivity index (χ2v) is 9.78. The van der Waals surface area contributed by atoms with E-state index < -0.39 is 6.10 Å². The van der Waals surface area contributed by atoms with Crippen molar-refractivity contribution in [3.63, 3.8) is 0 Å². The van der Waals surface area contributed by atoms with Crippen LogP contribution in [0.2, 0.25) is 0 Å². The summed E-state index contributed by atoms with van der Waals surface area (Å²) in [6, 6.07) is 24.4. The summed E-state index contributed by atoms with van der Waals surface area (Å²) in [6.07, 6.45) is 2.96. The van der Waals surface area contributed by atoms with Gasteiger partial charge in [0.05, 0.1) is 6.21 Å². The molecule has 5 rings (SSSR count). The van der Waals surface area contributed by atoms with E-state index in [2.05, 4.69) is 66.3 Å². The minimum absolute atomic E-state index is 0.0302. The van der Waals surface area contributed by atoms with Gasteiger partial charge in [-0.05, 0) is 34.7 Å². The number of rotatable bonds is 5. The van der Waals surface area contributed by atoms with Gasteiger partial charge in [-0.25, -0.2) is 5.43 Å². The van der Waals surface area contributed by atoms with Crippen molar-refractivity contribution in [1.82, 2.24) is 9.99 Å². The van der Waals surface area contributed by atoms with E-state index in [1.165, 1.54) is 5.56 Å². The fourth-order valence-electron chi connectivity index (χ4n) is 4.19. The predicted octanol–water partition coefficient (Wildman–Crippen LogP) is 5.28. The molecule has 4 aromatic rings. The van der Waals surface area contributed by atoms with E-state index in [1.807, 2.05) is 48.5 Å². The van der Waals surface area contributed by atoms with Crippen LogP contribution in [0, 0.1) is 0 Å². The van der Waals surface area contributed by atoms with Gasteiger partial charge in [0.25, 0.3) is 5.91 Å². The molecule has 2 heterocycles. The molecule has 6 nitrogen and oxygen atoms in total. The monoisotopic (exact) mass is 467 g/mol. The molecule has 0 spiro atoms. The van der Waals surface area contributed by atoms with Gasteiger partial charge < -0.3 is 14.0 Å². The highest BCUT2D eigenvalue weighted by Gasteiger charge is 2.28. The van der Waals surface area contributed by atoms with Gasteiger partial charge in [-0.1, -0.05) is 75.4 Å². The summed E-state index contributed by atoms with van der Waals surface area (Å²) in [5.74, 6) is 0.884. The van der Waals surface area contributed by atoms with Crippen molar-refractivity contribution in [2.45, 2.75) is 38.8 Å². The third kappa shape index (κ3) is 4.92. The van der Waals surface area contributed by atoms with Crippen LogP contribution in [0.25, 0.3) is 10.9 Å². The number of nitrogens with one attached hydrogen (secondary N) is 1. The summed E-state index contributed by atoms with van der Waals surface area (Å²) < 4.78 is 13.9. The zero-order valence-corrected chi connectivity index (χ0v) is 20.2. The van der Waals surface area contributed by atoms with Gasteiger partial charge in [0, 0.05) is 29.2 Å². The number of carbonyl (C=O) groups excluding carboxylic acids is 1. The number of para-hydroxylation sites is 1. The van der Waals surface area contributed by atoms with E-state index in [0.717, 1.165) is 28.6 Å². The molecule has 1 aliphatic rings. The van der Waals surface area contributed by atoms with E-state index in [9.17, 15) is 4.79 Å². The van der Waals surface area contributed by atoms with Crippen molar-refractivity contribution < 1.29 is 14.3 Å². The maximum Gasteiger partial charge on any atom is 0.284 e. The van der Waals surface area contributed by atoms with Crippen LogP contribution < -0.4 is 14.9 Å². The fraction of sp³-hybridized carbons (Fsp3) is 0.241. The molecule has 0 saturated carbocycles. The highest BCUT2D eigenvalue weighted by Crippen LogP contribution is 2.36.